The lowest BCUT2D eigenvalue weighted by Crippen LogP contribution is -2.16. The summed E-state index contributed by atoms with van der Waals surface area (Å²) < 4.78 is 6.69. The Morgan fingerprint density at radius 1 is 1.33 bits per heavy atom. The molecule has 0 fully saturated rings. The number of amides is 1. The van der Waals surface area contributed by atoms with Gasteiger partial charge in [0, 0.05) is 23.1 Å². The van der Waals surface area contributed by atoms with Crippen molar-refractivity contribution in [2.24, 2.45) is 0 Å². The van der Waals surface area contributed by atoms with Crippen molar-refractivity contribution >= 4 is 29.2 Å². The molecule has 7 nitrogen and oxygen atoms in total. The van der Waals surface area contributed by atoms with Crippen LogP contribution in [0.4, 0.5) is 5.69 Å². The van der Waals surface area contributed by atoms with Crippen molar-refractivity contribution in [3.63, 3.8) is 0 Å². The van der Waals surface area contributed by atoms with E-state index in [0.717, 1.165) is 0 Å². The molecule has 0 saturated carbocycles. The first-order chi connectivity index (χ1) is 12.9. The molecule has 0 aliphatic heterocycles. The van der Waals surface area contributed by atoms with Gasteiger partial charge in [-0.25, -0.2) is 9.48 Å². The van der Waals surface area contributed by atoms with Crippen molar-refractivity contribution in [1.82, 2.24) is 14.8 Å². The Kier molecular flexibility index (Phi) is 5.32. The zero-order valence-electron chi connectivity index (χ0n) is 15.2. The summed E-state index contributed by atoms with van der Waals surface area (Å²) in [5.41, 5.74) is 2.95. The number of hydrogen-bond donors (Lipinski definition) is 2. The Balaban J connectivity index is 1.94. The maximum atomic E-state index is 12.8. The highest BCUT2D eigenvalue weighted by Gasteiger charge is 2.23. The van der Waals surface area contributed by atoms with Crippen molar-refractivity contribution in [3.05, 3.63) is 64.2 Å². The third-order valence-electron chi connectivity index (χ3n) is 4.10. The summed E-state index contributed by atoms with van der Waals surface area (Å²) in [4.78, 5) is 28.0. The van der Waals surface area contributed by atoms with Gasteiger partial charge < -0.3 is 15.0 Å². The number of rotatable bonds is 5. The monoisotopic (exact) mass is 386 g/mol. The van der Waals surface area contributed by atoms with Gasteiger partial charge in [-0.1, -0.05) is 11.6 Å². The fourth-order valence-electron chi connectivity index (χ4n) is 2.89. The number of aryl methyl sites for hydroxylation is 1. The number of H-pyrrole nitrogens is 1. The van der Waals surface area contributed by atoms with E-state index in [2.05, 4.69) is 15.4 Å². The first-order valence-electron chi connectivity index (χ1n) is 8.39. The second kappa shape index (κ2) is 7.67. The normalized spacial score (nSPS) is 10.7. The molecular weight excluding hydrogens is 368 g/mol. The van der Waals surface area contributed by atoms with Crippen LogP contribution in [0.25, 0.3) is 5.69 Å². The number of halogens is 1. The molecule has 0 aliphatic carbocycles. The molecule has 1 amide bonds. The lowest BCUT2D eigenvalue weighted by atomic mass is 10.1. The van der Waals surface area contributed by atoms with E-state index < -0.39 is 5.97 Å². The van der Waals surface area contributed by atoms with Crippen LogP contribution in [0.15, 0.2) is 36.7 Å². The van der Waals surface area contributed by atoms with Gasteiger partial charge in [0.25, 0.3) is 5.91 Å². The van der Waals surface area contributed by atoms with E-state index in [0.29, 0.717) is 38.9 Å². The summed E-state index contributed by atoms with van der Waals surface area (Å²) >= 11 is 6.09. The Labute approximate surface area is 161 Å². The van der Waals surface area contributed by atoms with Crippen LogP contribution in [0, 0.1) is 13.8 Å². The average Bonchev–Trinajstić information content (AvgIpc) is 3.23. The Morgan fingerprint density at radius 2 is 2.11 bits per heavy atom. The van der Waals surface area contributed by atoms with E-state index in [1.807, 2.05) is 0 Å². The van der Waals surface area contributed by atoms with E-state index in [4.69, 9.17) is 16.3 Å². The van der Waals surface area contributed by atoms with Gasteiger partial charge in [-0.2, -0.15) is 5.10 Å². The number of aromatic nitrogens is 3. The van der Waals surface area contributed by atoms with E-state index in [1.54, 1.807) is 62.1 Å². The SMILES string of the molecule is CCOC(=O)c1c(C)[nH]c(C(=O)Nc2cc(Cl)ccc2-n2cccn2)c1C. The molecule has 27 heavy (non-hydrogen) atoms. The number of aromatic amines is 1. The van der Waals surface area contributed by atoms with Crippen LogP contribution >= 0.6 is 11.6 Å². The first kappa shape index (κ1) is 18.7. The van der Waals surface area contributed by atoms with Gasteiger partial charge in [0.15, 0.2) is 0 Å². The molecule has 140 valence electrons. The molecule has 0 atom stereocenters. The van der Waals surface area contributed by atoms with Crippen LogP contribution in [0.2, 0.25) is 5.02 Å². The summed E-state index contributed by atoms with van der Waals surface area (Å²) in [6.07, 6.45) is 3.41. The molecular formula is C19H19ClN4O3. The van der Waals surface area contributed by atoms with Gasteiger partial charge in [-0.15, -0.1) is 0 Å². The van der Waals surface area contributed by atoms with E-state index in [-0.39, 0.29) is 12.5 Å². The number of ether oxygens (including phenoxy) is 1. The fraction of sp³-hybridized carbons (Fsp3) is 0.211. The Morgan fingerprint density at radius 3 is 2.78 bits per heavy atom. The quantitative estimate of drug-likeness (QED) is 0.651. The van der Waals surface area contributed by atoms with Gasteiger partial charge in [0.05, 0.1) is 23.5 Å². The highest BCUT2D eigenvalue weighted by molar-refractivity contribution is 6.31. The van der Waals surface area contributed by atoms with Crippen LogP contribution in [-0.2, 0) is 4.74 Å². The molecule has 0 saturated heterocycles. The second-order valence-corrected chi connectivity index (χ2v) is 6.35. The minimum absolute atomic E-state index is 0.264. The van der Waals surface area contributed by atoms with Crippen molar-refractivity contribution in [3.8, 4) is 5.69 Å². The Hall–Kier alpha value is -3.06. The number of hydrogen-bond acceptors (Lipinski definition) is 4. The molecule has 2 heterocycles. The lowest BCUT2D eigenvalue weighted by molar-refractivity contribution is 0.0525. The van der Waals surface area contributed by atoms with Crippen molar-refractivity contribution < 1.29 is 14.3 Å². The van der Waals surface area contributed by atoms with Crippen LogP contribution < -0.4 is 5.32 Å². The zero-order chi connectivity index (χ0) is 19.6. The fourth-order valence-corrected chi connectivity index (χ4v) is 3.06. The minimum Gasteiger partial charge on any atom is -0.462 e. The number of benzene rings is 1. The third-order valence-corrected chi connectivity index (χ3v) is 4.34. The van der Waals surface area contributed by atoms with Gasteiger partial charge in [-0.3, -0.25) is 4.79 Å². The highest BCUT2D eigenvalue weighted by Crippen LogP contribution is 2.26. The number of anilines is 1. The lowest BCUT2D eigenvalue weighted by Gasteiger charge is -2.12. The number of nitrogens with one attached hydrogen (secondary N) is 2. The van der Waals surface area contributed by atoms with Gasteiger partial charge in [-0.05, 0) is 50.6 Å². The smallest absolute Gasteiger partial charge is 0.340 e. The van der Waals surface area contributed by atoms with Crippen LogP contribution in [0.1, 0.15) is 39.0 Å². The number of nitrogens with zero attached hydrogens (tertiary/aromatic N) is 2. The molecule has 3 aromatic rings. The van der Waals surface area contributed by atoms with Crippen LogP contribution in [-0.4, -0.2) is 33.2 Å². The van der Waals surface area contributed by atoms with Gasteiger partial charge in [0.2, 0.25) is 0 Å². The Bertz CT molecular complexity index is 993. The standard InChI is InChI=1S/C19H19ClN4O3/c1-4-27-19(26)16-11(2)17(22-12(16)3)18(25)23-14-10-13(20)6-7-15(14)24-9-5-8-21-24/h5-10,22H,4H2,1-3H3,(H,23,25). The molecule has 0 radical (unpaired) electrons. The predicted molar refractivity (Wildman–Crippen MR) is 103 cm³/mol. The van der Waals surface area contributed by atoms with E-state index in [1.165, 1.54) is 0 Å². The van der Waals surface area contributed by atoms with Crippen LogP contribution in [0.3, 0.4) is 0 Å². The van der Waals surface area contributed by atoms with Crippen molar-refractivity contribution in [1.29, 1.82) is 0 Å². The molecule has 0 unspecified atom stereocenters. The molecule has 0 spiro atoms. The molecule has 1 aromatic carbocycles. The topological polar surface area (TPSA) is 89.0 Å². The van der Waals surface area contributed by atoms with Gasteiger partial charge >= 0.3 is 5.97 Å². The predicted octanol–water partition coefficient (Wildman–Crippen LogP) is 3.90. The maximum absolute atomic E-state index is 12.8. The second-order valence-electron chi connectivity index (χ2n) is 5.91. The summed E-state index contributed by atoms with van der Waals surface area (Å²) in [7, 11) is 0. The minimum atomic E-state index is -0.456. The molecule has 2 N–H and O–H groups in total. The zero-order valence-corrected chi connectivity index (χ0v) is 15.9. The first-order valence-corrected chi connectivity index (χ1v) is 8.77. The molecule has 3 rings (SSSR count). The van der Waals surface area contributed by atoms with Crippen molar-refractivity contribution in [2.45, 2.75) is 20.8 Å². The van der Waals surface area contributed by atoms with E-state index in [9.17, 15) is 9.59 Å². The summed E-state index contributed by atoms with van der Waals surface area (Å²) in [6, 6.07) is 6.91. The number of esters is 1. The van der Waals surface area contributed by atoms with Crippen molar-refractivity contribution in [2.75, 3.05) is 11.9 Å². The van der Waals surface area contributed by atoms with Gasteiger partial charge in [0.1, 0.15) is 5.69 Å². The summed E-state index contributed by atoms with van der Waals surface area (Å²) in [6.45, 7) is 5.43. The molecule has 8 heteroatoms. The maximum Gasteiger partial charge on any atom is 0.340 e. The van der Waals surface area contributed by atoms with E-state index >= 15 is 0 Å². The molecule has 0 bridgehead atoms. The summed E-state index contributed by atoms with van der Waals surface area (Å²) in [5.74, 6) is -0.843. The largest absolute Gasteiger partial charge is 0.462 e. The highest BCUT2D eigenvalue weighted by atomic mass is 35.5. The number of carbonyl (C=O) groups excluding carboxylic acids is 2. The summed E-state index contributed by atoms with van der Waals surface area (Å²) in [5, 5.41) is 7.51. The van der Waals surface area contributed by atoms with Crippen LogP contribution in [0.5, 0.6) is 0 Å². The molecule has 0 aliphatic rings. The number of carbonyl (C=O) groups is 2. The third kappa shape index (κ3) is 3.73. The average molecular weight is 387 g/mol. The molecule has 2 aromatic heterocycles.